The molecule has 2 aromatic carbocycles. The molecule has 0 saturated carbocycles. The highest BCUT2D eigenvalue weighted by Gasteiger charge is 2.15. The highest BCUT2D eigenvalue weighted by Crippen LogP contribution is 2.21. The molecule has 30 heavy (non-hydrogen) atoms. The van der Waals surface area contributed by atoms with Crippen LogP contribution in [0.1, 0.15) is 28.9 Å². The number of likely N-dealkylation sites (N-methyl/N-ethyl adjacent to an activating group) is 1. The smallest absolute Gasteiger partial charge is 0.258 e. The summed E-state index contributed by atoms with van der Waals surface area (Å²) in [5.74, 6) is 0.00672. The predicted octanol–water partition coefficient (Wildman–Crippen LogP) is 2.88. The van der Waals surface area contributed by atoms with E-state index in [-0.39, 0.29) is 30.3 Å². The zero-order valence-electron chi connectivity index (χ0n) is 17.7. The lowest BCUT2D eigenvalue weighted by Gasteiger charge is -2.18. The van der Waals surface area contributed by atoms with Crippen LogP contribution < -0.4 is 10.9 Å². The number of hydrogen-bond acceptors (Lipinski definition) is 4. The number of aromatic nitrogens is 2. The van der Waals surface area contributed by atoms with Crippen molar-refractivity contribution in [3.8, 4) is 0 Å². The lowest BCUT2D eigenvalue weighted by atomic mass is 10.1. The summed E-state index contributed by atoms with van der Waals surface area (Å²) in [4.78, 5) is 45.5. The van der Waals surface area contributed by atoms with E-state index in [2.05, 4.69) is 15.3 Å². The largest absolute Gasteiger partial charge is 0.336 e. The summed E-state index contributed by atoms with van der Waals surface area (Å²) in [7, 11) is 1.59. The number of para-hydroxylation sites is 1. The van der Waals surface area contributed by atoms with Gasteiger partial charge < -0.3 is 15.2 Å². The second-order valence-electron chi connectivity index (χ2n) is 7.60. The van der Waals surface area contributed by atoms with Crippen molar-refractivity contribution in [3.63, 3.8) is 0 Å². The maximum atomic E-state index is 12.5. The Labute approximate surface area is 175 Å². The summed E-state index contributed by atoms with van der Waals surface area (Å²) in [6, 6.07) is 11.1. The molecule has 3 rings (SSSR count). The SMILES string of the molecule is Cc1cc(C)c(NC(=O)CN(C)C(=O)CCc2nc3ccccc3c(=O)[nH]2)c(C)c1. The Hall–Kier alpha value is -3.48. The van der Waals surface area contributed by atoms with Gasteiger partial charge in [-0.05, 0) is 44.0 Å². The van der Waals surface area contributed by atoms with E-state index in [1.54, 1.807) is 25.2 Å². The number of aryl methyl sites for hydroxylation is 4. The second-order valence-corrected chi connectivity index (χ2v) is 7.60. The van der Waals surface area contributed by atoms with E-state index in [4.69, 9.17) is 0 Å². The first-order chi connectivity index (χ1) is 14.2. The average Bonchev–Trinajstić information content (AvgIpc) is 2.69. The molecule has 1 heterocycles. The quantitative estimate of drug-likeness (QED) is 0.658. The van der Waals surface area contributed by atoms with E-state index in [1.165, 1.54) is 4.90 Å². The maximum absolute atomic E-state index is 12.5. The number of benzene rings is 2. The number of carbonyl (C=O) groups is 2. The molecule has 3 aromatic rings. The zero-order valence-corrected chi connectivity index (χ0v) is 17.7. The van der Waals surface area contributed by atoms with Gasteiger partial charge in [0.25, 0.3) is 5.56 Å². The summed E-state index contributed by atoms with van der Waals surface area (Å²) in [5.41, 5.74) is 4.27. The van der Waals surface area contributed by atoms with Crippen LogP contribution in [0.3, 0.4) is 0 Å². The van der Waals surface area contributed by atoms with Crippen LogP contribution in [0, 0.1) is 20.8 Å². The summed E-state index contributed by atoms with van der Waals surface area (Å²) < 4.78 is 0. The van der Waals surface area contributed by atoms with Gasteiger partial charge in [-0.25, -0.2) is 4.98 Å². The van der Waals surface area contributed by atoms with Gasteiger partial charge >= 0.3 is 0 Å². The van der Waals surface area contributed by atoms with Crippen molar-refractivity contribution in [2.75, 3.05) is 18.9 Å². The number of aromatic amines is 1. The molecule has 0 atom stereocenters. The van der Waals surface area contributed by atoms with Gasteiger partial charge in [-0.2, -0.15) is 0 Å². The van der Waals surface area contributed by atoms with Crippen molar-refractivity contribution in [1.82, 2.24) is 14.9 Å². The molecule has 0 spiro atoms. The molecule has 2 amide bonds. The average molecular weight is 406 g/mol. The first-order valence-corrected chi connectivity index (χ1v) is 9.84. The van der Waals surface area contributed by atoms with Crippen molar-refractivity contribution in [2.45, 2.75) is 33.6 Å². The lowest BCUT2D eigenvalue weighted by molar-refractivity contribution is -0.133. The molecule has 7 heteroatoms. The van der Waals surface area contributed by atoms with Crippen LogP contribution in [0.15, 0.2) is 41.2 Å². The minimum absolute atomic E-state index is 0.0484. The van der Waals surface area contributed by atoms with E-state index in [1.807, 2.05) is 39.0 Å². The fourth-order valence-corrected chi connectivity index (χ4v) is 3.53. The molecule has 0 aliphatic rings. The zero-order chi connectivity index (χ0) is 21.8. The van der Waals surface area contributed by atoms with Crippen LogP contribution in [0.2, 0.25) is 0 Å². The van der Waals surface area contributed by atoms with Crippen LogP contribution in [0.25, 0.3) is 10.9 Å². The van der Waals surface area contributed by atoms with Crippen LogP contribution >= 0.6 is 0 Å². The number of rotatable bonds is 6. The maximum Gasteiger partial charge on any atom is 0.258 e. The molecule has 0 saturated heterocycles. The van der Waals surface area contributed by atoms with E-state index < -0.39 is 0 Å². The number of anilines is 1. The number of carbonyl (C=O) groups excluding carboxylic acids is 2. The van der Waals surface area contributed by atoms with E-state index >= 15 is 0 Å². The molecule has 156 valence electrons. The number of nitrogens with one attached hydrogen (secondary N) is 2. The molecule has 1 aromatic heterocycles. The van der Waals surface area contributed by atoms with E-state index in [0.29, 0.717) is 23.1 Å². The van der Waals surface area contributed by atoms with Gasteiger partial charge in [-0.15, -0.1) is 0 Å². The molecule has 7 nitrogen and oxygen atoms in total. The van der Waals surface area contributed by atoms with Crippen LogP contribution in [-0.2, 0) is 16.0 Å². The van der Waals surface area contributed by atoms with Crippen LogP contribution in [-0.4, -0.2) is 40.3 Å². The minimum atomic E-state index is -0.252. The number of nitrogens with zero attached hydrogens (tertiary/aromatic N) is 2. The molecule has 0 aliphatic heterocycles. The van der Waals surface area contributed by atoms with E-state index in [9.17, 15) is 14.4 Å². The Balaban J connectivity index is 1.58. The first-order valence-electron chi connectivity index (χ1n) is 9.84. The monoisotopic (exact) mass is 406 g/mol. The third-order valence-corrected chi connectivity index (χ3v) is 4.99. The molecule has 0 radical (unpaired) electrons. The normalized spacial score (nSPS) is 10.8. The van der Waals surface area contributed by atoms with Gasteiger partial charge in [0.05, 0.1) is 17.4 Å². The van der Waals surface area contributed by atoms with Crippen LogP contribution in [0.4, 0.5) is 5.69 Å². The number of H-pyrrole nitrogens is 1. The first kappa shape index (κ1) is 21.2. The molecular formula is C23H26N4O3. The molecule has 0 aliphatic carbocycles. The van der Waals surface area contributed by atoms with Gasteiger partial charge in [0.1, 0.15) is 5.82 Å². The van der Waals surface area contributed by atoms with Gasteiger partial charge in [0.15, 0.2) is 0 Å². The summed E-state index contributed by atoms with van der Waals surface area (Å²) in [6.45, 7) is 5.85. The van der Waals surface area contributed by atoms with Crippen LogP contribution in [0.5, 0.6) is 0 Å². The predicted molar refractivity (Wildman–Crippen MR) is 118 cm³/mol. The van der Waals surface area contributed by atoms with Gasteiger partial charge in [0, 0.05) is 25.6 Å². The fourth-order valence-electron chi connectivity index (χ4n) is 3.53. The summed E-state index contributed by atoms with van der Waals surface area (Å²) in [6.07, 6.45) is 0.439. The Morgan fingerprint density at radius 1 is 1.10 bits per heavy atom. The van der Waals surface area contributed by atoms with Crippen molar-refractivity contribution in [1.29, 1.82) is 0 Å². The Kier molecular flexibility index (Phi) is 6.30. The molecule has 0 bridgehead atoms. The number of hydrogen-bond donors (Lipinski definition) is 2. The lowest BCUT2D eigenvalue weighted by Crippen LogP contribution is -2.35. The third-order valence-electron chi connectivity index (χ3n) is 4.99. The fraction of sp³-hybridized carbons (Fsp3) is 0.304. The Bertz CT molecular complexity index is 1140. The minimum Gasteiger partial charge on any atom is -0.336 e. The van der Waals surface area contributed by atoms with Gasteiger partial charge in [0.2, 0.25) is 11.8 Å². The third kappa shape index (κ3) is 4.92. The van der Waals surface area contributed by atoms with E-state index in [0.717, 1.165) is 22.4 Å². The van der Waals surface area contributed by atoms with Crippen molar-refractivity contribution in [2.24, 2.45) is 0 Å². The Morgan fingerprint density at radius 2 is 1.77 bits per heavy atom. The second kappa shape index (κ2) is 8.90. The molecule has 0 unspecified atom stereocenters. The molecule has 2 N–H and O–H groups in total. The topological polar surface area (TPSA) is 95.2 Å². The summed E-state index contributed by atoms with van der Waals surface area (Å²) >= 11 is 0. The summed E-state index contributed by atoms with van der Waals surface area (Å²) in [5, 5.41) is 3.42. The molecule has 0 fully saturated rings. The molecular weight excluding hydrogens is 380 g/mol. The van der Waals surface area contributed by atoms with Crippen molar-refractivity contribution < 1.29 is 9.59 Å². The van der Waals surface area contributed by atoms with Crippen molar-refractivity contribution >= 4 is 28.4 Å². The van der Waals surface area contributed by atoms with Gasteiger partial charge in [-0.3, -0.25) is 14.4 Å². The van der Waals surface area contributed by atoms with Crippen molar-refractivity contribution in [3.05, 3.63) is 69.3 Å². The Morgan fingerprint density at radius 3 is 2.47 bits per heavy atom. The number of amides is 2. The highest BCUT2D eigenvalue weighted by atomic mass is 16.2. The standard InChI is InChI=1S/C23H26N4O3/c1-14-11-15(2)22(16(3)12-14)26-20(28)13-27(4)21(29)10-9-19-24-18-8-6-5-7-17(18)23(30)25-19/h5-8,11-12H,9-10,13H2,1-4H3,(H,26,28)(H,24,25,30). The highest BCUT2D eigenvalue weighted by molar-refractivity contribution is 5.95. The van der Waals surface area contributed by atoms with Gasteiger partial charge in [-0.1, -0.05) is 29.8 Å². The number of fused-ring (bicyclic) bond motifs is 1.